The molecule has 0 aliphatic rings. The molecule has 2 aromatic carbocycles. The van der Waals surface area contributed by atoms with Crippen LogP contribution in [0.4, 0.5) is 5.69 Å². The zero-order valence-electron chi connectivity index (χ0n) is 11.2. The molecule has 0 amide bonds. The van der Waals surface area contributed by atoms with E-state index in [9.17, 15) is 10.1 Å². The molecule has 104 valence electrons. The highest BCUT2D eigenvalue weighted by atomic mass is 16.6. The fourth-order valence-corrected chi connectivity index (χ4v) is 1.90. The smallest absolute Gasteiger partial charge is 0.311 e. The highest BCUT2D eigenvalue weighted by Gasteiger charge is 2.17. The number of nitro groups is 1. The number of ether oxygens (including phenoxy) is 1. The molecule has 0 atom stereocenters. The van der Waals surface area contributed by atoms with Crippen LogP contribution in [0, 0.1) is 10.1 Å². The van der Waals surface area contributed by atoms with E-state index in [0.717, 1.165) is 17.5 Å². The van der Waals surface area contributed by atoms with Gasteiger partial charge in [0.25, 0.3) is 0 Å². The van der Waals surface area contributed by atoms with Crippen LogP contribution in [0.15, 0.2) is 42.5 Å². The van der Waals surface area contributed by atoms with Gasteiger partial charge in [0.2, 0.25) is 5.75 Å². The quantitative estimate of drug-likeness (QED) is 0.668. The Balaban J connectivity index is 2.40. The van der Waals surface area contributed by atoms with Gasteiger partial charge in [-0.3, -0.25) is 10.1 Å². The average molecular weight is 272 g/mol. The Labute approximate surface area is 117 Å². The van der Waals surface area contributed by atoms with Crippen LogP contribution in [-0.4, -0.2) is 4.92 Å². The number of rotatable bonds is 5. The molecule has 2 rings (SSSR count). The first-order chi connectivity index (χ1) is 9.65. The summed E-state index contributed by atoms with van der Waals surface area (Å²) in [6.45, 7) is 2.26. The van der Waals surface area contributed by atoms with E-state index < -0.39 is 4.92 Å². The minimum absolute atomic E-state index is 0.0313. The maximum Gasteiger partial charge on any atom is 0.311 e. The Kier molecular flexibility index (Phi) is 4.32. The summed E-state index contributed by atoms with van der Waals surface area (Å²) in [5.41, 5.74) is 7.31. The largest absolute Gasteiger partial charge is 0.450 e. The van der Waals surface area contributed by atoms with E-state index >= 15 is 0 Å². The van der Waals surface area contributed by atoms with Gasteiger partial charge in [-0.2, -0.15) is 0 Å². The van der Waals surface area contributed by atoms with Gasteiger partial charge in [0, 0.05) is 18.2 Å². The van der Waals surface area contributed by atoms with E-state index in [4.69, 9.17) is 10.5 Å². The summed E-state index contributed by atoms with van der Waals surface area (Å²) in [5.74, 6) is 0.774. The van der Waals surface area contributed by atoms with Crippen LogP contribution in [0.3, 0.4) is 0 Å². The van der Waals surface area contributed by atoms with Crippen molar-refractivity contribution < 1.29 is 9.66 Å². The Hall–Kier alpha value is -2.40. The van der Waals surface area contributed by atoms with E-state index in [0.29, 0.717) is 12.3 Å². The highest BCUT2D eigenvalue weighted by molar-refractivity contribution is 5.51. The Morgan fingerprint density at radius 3 is 2.60 bits per heavy atom. The standard InChI is InChI=1S/C15H16N2O3/c1-2-11-7-8-15(13(9-11)17(18)19)20-14-6-4-3-5-12(14)10-16/h3-9H,2,10,16H2,1H3. The number of nitrogens with zero attached hydrogens (tertiary/aromatic N) is 1. The van der Waals surface area contributed by atoms with E-state index in [-0.39, 0.29) is 11.4 Å². The predicted molar refractivity (Wildman–Crippen MR) is 76.9 cm³/mol. The molecule has 0 saturated carbocycles. The van der Waals surface area contributed by atoms with Gasteiger partial charge in [0.15, 0.2) is 0 Å². The van der Waals surface area contributed by atoms with Crippen molar-refractivity contribution in [3.05, 3.63) is 63.7 Å². The van der Waals surface area contributed by atoms with Crippen molar-refractivity contribution in [3.8, 4) is 11.5 Å². The third-order valence-corrected chi connectivity index (χ3v) is 3.04. The minimum atomic E-state index is -0.431. The van der Waals surface area contributed by atoms with Gasteiger partial charge in [0.05, 0.1) is 4.92 Å². The molecular formula is C15H16N2O3. The molecule has 0 aromatic heterocycles. The molecule has 20 heavy (non-hydrogen) atoms. The van der Waals surface area contributed by atoms with E-state index in [1.807, 2.05) is 25.1 Å². The van der Waals surface area contributed by atoms with Crippen LogP contribution in [0.2, 0.25) is 0 Å². The molecule has 0 aliphatic carbocycles. The van der Waals surface area contributed by atoms with Crippen LogP contribution in [0.1, 0.15) is 18.1 Å². The highest BCUT2D eigenvalue weighted by Crippen LogP contribution is 2.33. The summed E-state index contributed by atoms with van der Waals surface area (Å²) in [4.78, 5) is 10.7. The lowest BCUT2D eigenvalue weighted by molar-refractivity contribution is -0.385. The lowest BCUT2D eigenvalue weighted by Crippen LogP contribution is -2.00. The molecule has 2 aromatic rings. The summed E-state index contributed by atoms with van der Waals surface area (Å²) in [5, 5.41) is 11.1. The molecule has 0 saturated heterocycles. The number of aryl methyl sites for hydroxylation is 1. The average Bonchev–Trinajstić information content (AvgIpc) is 2.48. The predicted octanol–water partition coefficient (Wildman–Crippen LogP) is 3.41. The number of nitro benzene ring substituents is 1. The summed E-state index contributed by atoms with van der Waals surface area (Å²) in [6, 6.07) is 12.2. The summed E-state index contributed by atoms with van der Waals surface area (Å²) < 4.78 is 5.67. The summed E-state index contributed by atoms with van der Waals surface area (Å²) >= 11 is 0. The van der Waals surface area contributed by atoms with Crippen molar-refractivity contribution in [1.29, 1.82) is 0 Å². The lowest BCUT2D eigenvalue weighted by Gasteiger charge is -2.10. The molecular weight excluding hydrogens is 256 g/mol. The Bertz CT molecular complexity index is 626. The fourth-order valence-electron chi connectivity index (χ4n) is 1.90. The second kappa shape index (κ2) is 6.16. The first-order valence-electron chi connectivity index (χ1n) is 6.38. The van der Waals surface area contributed by atoms with Gasteiger partial charge in [-0.05, 0) is 24.1 Å². The van der Waals surface area contributed by atoms with Gasteiger partial charge in [-0.1, -0.05) is 31.2 Å². The van der Waals surface area contributed by atoms with Gasteiger partial charge >= 0.3 is 5.69 Å². The molecule has 5 nitrogen and oxygen atoms in total. The summed E-state index contributed by atoms with van der Waals surface area (Å²) in [7, 11) is 0. The minimum Gasteiger partial charge on any atom is -0.450 e. The number of nitrogens with two attached hydrogens (primary N) is 1. The second-order valence-electron chi connectivity index (χ2n) is 4.33. The van der Waals surface area contributed by atoms with Crippen molar-refractivity contribution in [2.75, 3.05) is 0 Å². The molecule has 2 N–H and O–H groups in total. The van der Waals surface area contributed by atoms with E-state index in [1.165, 1.54) is 0 Å². The maximum absolute atomic E-state index is 11.1. The van der Waals surface area contributed by atoms with Crippen LogP contribution in [0.5, 0.6) is 11.5 Å². The van der Waals surface area contributed by atoms with E-state index in [2.05, 4.69) is 0 Å². The fraction of sp³-hybridized carbons (Fsp3) is 0.200. The molecule has 0 fully saturated rings. The Morgan fingerprint density at radius 2 is 1.95 bits per heavy atom. The number of hydrogen-bond acceptors (Lipinski definition) is 4. The van der Waals surface area contributed by atoms with Crippen LogP contribution in [0.25, 0.3) is 0 Å². The monoisotopic (exact) mass is 272 g/mol. The van der Waals surface area contributed by atoms with Crippen molar-refractivity contribution in [2.24, 2.45) is 5.73 Å². The van der Waals surface area contributed by atoms with Gasteiger partial charge in [-0.15, -0.1) is 0 Å². The lowest BCUT2D eigenvalue weighted by atomic mass is 10.1. The van der Waals surface area contributed by atoms with Gasteiger partial charge < -0.3 is 10.5 Å². The zero-order chi connectivity index (χ0) is 14.5. The third-order valence-electron chi connectivity index (χ3n) is 3.04. The molecule has 0 unspecified atom stereocenters. The summed E-state index contributed by atoms with van der Waals surface area (Å²) in [6.07, 6.45) is 0.737. The first kappa shape index (κ1) is 14.0. The van der Waals surface area contributed by atoms with Crippen molar-refractivity contribution in [3.63, 3.8) is 0 Å². The number of para-hydroxylation sites is 1. The molecule has 0 spiro atoms. The van der Waals surface area contributed by atoms with Crippen molar-refractivity contribution in [1.82, 2.24) is 0 Å². The molecule has 0 aliphatic heterocycles. The SMILES string of the molecule is CCc1ccc(Oc2ccccc2CN)c([N+](=O)[O-])c1. The number of benzene rings is 2. The van der Waals surface area contributed by atoms with Crippen molar-refractivity contribution >= 4 is 5.69 Å². The second-order valence-corrected chi connectivity index (χ2v) is 4.33. The molecule has 0 bridgehead atoms. The topological polar surface area (TPSA) is 78.4 Å². The van der Waals surface area contributed by atoms with Crippen LogP contribution >= 0.6 is 0 Å². The Morgan fingerprint density at radius 1 is 1.20 bits per heavy atom. The molecule has 5 heteroatoms. The zero-order valence-corrected chi connectivity index (χ0v) is 11.2. The van der Waals surface area contributed by atoms with Gasteiger partial charge in [-0.25, -0.2) is 0 Å². The van der Waals surface area contributed by atoms with Gasteiger partial charge in [0.1, 0.15) is 5.75 Å². The van der Waals surface area contributed by atoms with Crippen molar-refractivity contribution in [2.45, 2.75) is 19.9 Å². The maximum atomic E-state index is 11.1. The van der Waals surface area contributed by atoms with Crippen LogP contribution in [-0.2, 0) is 13.0 Å². The number of hydrogen-bond donors (Lipinski definition) is 1. The van der Waals surface area contributed by atoms with Crippen LogP contribution < -0.4 is 10.5 Å². The third kappa shape index (κ3) is 2.95. The first-order valence-corrected chi connectivity index (χ1v) is 6.38. The van der Waals surface area contributed by atoms with E-state index in [1.54, 1.807) is 24.3 Å². The molecule has 0 radical (unpaired) electrons. The normalized spacial score (nSPS) is 10.3. The molecule has 0 heterocycles.